The Bertz CT molecular complexity index is 250. The van der Waals surface area contributed by atoms with E-state index in [2.05, 4.69) is 5.32 Å². The maximum Gasteiger partial charge on any atom is 0.0562 e. The summed E-state index contributed by atoms with van der Waals surface area (Å²) in [6.45, 7) is 0. The predicted octanol–water partition coefficient (Wildman–Crippen LogP) is 3.10. The van der Waals surface area contributed by atoms with Crippen LogP contribution in [0.1, 0.15) is 0 Å². The van der Waals surface area contributed by atoms with Crippen LogP contribution in [0.25, 0.3) is 0 Å². The molecule has 1 N–H and O–H groups in total. The average molecular weight is 188 g/mol. The van der Waals surface area contributed by atoms with Crippen molar-refractivity contribution in [1.82, 2.24) is 0 Å². The third-order valence-corrected chi connectivity index (χ3v) is 2.72. The van der Waals surface area contributed by atoms with E-state index < -0.39 is 0 Å². The smallest absolute Gasteiger partial charge is 0.0562 e. The van der Waals surface area contributed by atoms with Crippen LogP contribution in [0.3, 0.4) is 0 Å². The normalized spacial score (nSPS) is 9.73. The van der Waals surface area contributed by atoms with E-state index in [-0.39, 0.29) is 0 Å². The van der Waals surface area contributed by atoms with Crippen molar-refractivity contribution in [3.8, 4) is 0 Å². The maximum absolute atomic E-state index is 5.95. The van der Waals surface area contributed by atoms with Crippen molar-refractivity contribution in [3.05, 3.63) is 23.2 Å². The number of thioether (sulfide) groups is 1. The van der Waals surface area contributed by atoms with Crippen LogP contribution in [0.5, 0.6) is 0 Å². The van der Waals surface area contributed by atoms with Crippen molar-refractivity contribution < 1.29 is 0 Å². The Kier molecular flexibility index (Phi) is 3.09. The largest absolute Gasteiger partial charge is 0.387 e. The average Bonchev–Trinajstić information content (AvgIpc) is 2.04. The summed E-state index contributed by atoms with van der Waals surface area (Å²) in [7, 11) is 1.89. The molecule has 3 heteroatoms. The number of hydrogen-bond acceptors (Lipinski definition) is 2. The van der Waals surface area contributed by atoms with Crippen molar-refractivity contribution in [3.63, 3.8) is 0 Å². The maximum atomic E-state index is 5.95. The highest BCUT2D eigenvalue weighted by Crippen LogP contribution is 2.31. The molecule has 1 aromatic rings. The SMILES string of the molecule is CNc1cccc(Cl)c1SC. The van der Waals surface area contributed by atoms with Gasteiger partial charge < -0.3 is 5.32 Å². The van der Waals surface area contributed by atoms with Crippen LogP contribution in [0.4, 0.5) is 5.69 Å². The Balaban J connectivity index is 3.13. The number of halogens is 1. The van der Waals surface area contributed by atoms with E-state index >= 15 is 0 Å². The van der Waals surface area contributed by atoms with E-state index in [1.807, 2.05) is 31.5 Å². The highest BCUT2D eigenvalue weighted by molar-refractivity contribution is 7.98. The second-order valence-electron chi connectivity index (χ2n) is 2.07. The van der Waals surface area contributed by atoms with Crippen LogP contribution in [0.15, 0.2) is 23.1 Å². The standard InChI is InChI=1S/C8H10ClNS/c1-10-7-5-3-4-6(9)8(7)11-2/h3-5,10H,1-2H3. The van der Waals surface area contributed by atoms with Gasteiger partial charge in [-0.1, -0.05) is 17.7 Å². The molecule has 60 valence electrons. The highest BCUT2D eigenvalue weighted by Gasteiger charge is 2.02. The number of rotatable bonds is 2. The van der Waals surface area contributed by atoms with Gasteiger partial charge >= 0.3 is 0 Å². The molecule has 0 heterocycles. The predicted molar refractivity (Wildman–Crippen MR) is 52.8 cm³/mol. The third-order valence-electron chi connectivity index (χ3n) is 1.44. The third kappa shape index (κ3) is 1.82. The molecule has 0 atom stereocenters. The molecule has 0 saturated carbocycles. The lowest BCUT2D eigenvalue weighted by atomic mass is 10.3. The fraction of sp³-hybridized carbons (Fsp3) is 0.250. The van der Waals surface area contributed by atoms with Crippen molar-refractivity contribution in [1.29, 1.82) is 0 Å². The lowest BCUT2D eigenvalue weighted by Gasteiger charge is -2.07. The monoisotopic (exact) mass is 187 g/mol. The first-order valence-electron chi connectivity index (χ1n) is 3.30. The van der Waals surface area contributed by atoms with Crippen molar-refractivity contribution in [2.24, 2.45) is 0 Å². The number of hydrogen-bond donors (Lipinski definition) is 1. The second kappa shape index (κ2) is 3.88. The first kappa shape index (κ1) is 8.75. The molecule has 0 radical (unpaired) electrons. The molecule has 0 aliphatic heterocycles. The number of benzene rings is 1. The molecule has 0 aromatic heterocycles. The Morgan fingerprint density at radius 3 is 2.64 bits per heavy atom. The van der Waals surface area contributed by atoms with Gasteiger partial charge in [-0.15, -0.1) is 11.8 Å². The molecule has 0 saturated heterocycles. The molecule has 0 amide bonds. The topological polar surface area (TPSA) is 12.0 Å². The van der Waals surface area contributed by atoms with Gasteiger partial charge in [0.2, 0.25) is 0 Å². The molecular weight excluding hydrogens is 178 g/mol. The number of nitrogens with one attached hydrogen (secondary N) is 1. The zero-order valence-corrected chi connectivity index (χ0v) is 8.09. The van der Waals surface area contributed by atoms with Gasteiger partial charge in [0.15, 0.2) is 0 Å². The van der Waals surface area contributed by atoms with Gasteiger partial charge in [0.25, 0.3) is 0 Å². The van der Waals surface area contributed by atoms with E-state index in [9.17, 15) is 0 Å². The summed E-state index contributed by atoms with van der Waals surface area (Å²) in [5, 5.41) is 3.89. The molecular formula is C8H10ClNS. The fourth-order valence-electron chi connectivity index (χ4n) is 0.913. The molecule has 0 unspecified atom stereocenters. The second-order valence-corrected chi connectivity index (χ2v) is 3.29. The molecule has 11 heavy (non-hydrogen) atoms. The summed E-state index contributed by atoms with van der Waals surface area (Å²) < 4.78 is 0. The van der Waals surface area contributed by atoms with Gasteiger partial charge in [-0.05, 0) is 18.4 Å². The van der Waals surface area contributed by atoms with E-state index in [1.165, 1.54) is 0 Å². The Morgan fingerprint density at radius 2 is 2.18 bits per heavy atom. The van der Waals surface area contributed by atoms with Gasteiger partial charge in [-0.3, -0.25) is 0 Å². The van der Waals surface area contributed by atoms with Gasteiger partial charge in [0.1, 0.15) is 0 Å². The zero-order valence-electron chi connectivity index (χ0n) is 6.52. The van der Waals surface area contributed by atoms with Crippen LogP contribution < -0.4 is 5.32 Å². The lowest BCUT2D eigenvalue weighted by Crippen LogP contribution is -1.90. The Labute approximate surface area is 76.1 Å². The summed E-state index contributed by atoms with van der Waals surface area (Å²) in [5.41, 5.74) is 1.09. The zero-order chi connectivity index (χ0) is 8.27. The minimum Gasteiger partial charge on any atom is -0.387 e. The first-order valence-corrected chi connectivity index (χ1v) is 4.90. The van der Waals surface area contributed by atoms with E-state index in [0.29, 0.717) is 0 Å². The quantitative estimate of drug-likeness (QED) is 0.715. The Hall–Kier alpha value is -0.340. The van der Waals surface area contributed by atoms with Crippen molar-refractivity contribution >= 4 is 29.1 Å². The van der Waals surface area contributed by atoms with Gasteiger partial charge in [0, 0.05) is 17.6 Å². The summed E-state index contributed by atoms with van der Waals surface area (Å²) in [6.07, 6.45) is 2.02. The van der Waals surface area contributed by atoms with Crippen molar-refractivity contribution in [2.75, 3.05) is 18.6 Å². The van der Waals surface area contributed by atoms with Gasteiger partial charge in [0.05, 0.1) is 5.02 Å². The highest BCUT2D eigenvalue weighted by atomic mass is 35.5. The van der Waals surface area contributed by atoms with Crippen LogP contribution >= 0.6 is 23.4 Å². The molecule has 0 aliphatic carbocycles. The van der Waals surface area contributed by atoms with E-state index in [4.69, 9.17) is 11.6 Å². The van der Waals surface area contributed by atoms with Gasteiger partial charge in [-0.25, -0.2) is 0 Å². The Morgan fingerprint density at radius 1 is 1.45 bits per heavy atom. The number of anilines is 1. The molecule has 1 aromatic carbocycles. The molecule has 0 bridgehead atoms. The molecule has 1 rings (SSSR count). The summed E-state index contributed by atoms with van der Waals surface area (Å²) in [5.74, 6) is 0. The summed E-state index contributed by atoms with van der Waals surface area (Å²) >= 11 is 7.60. The summed E-state index contributed by atoms with van der Waals surface area (Å²) in [4.78, 5) is 1.11. The van der Waals surface area contributed by atoms with Crippen LogP contribution in [0.2, 0.25) is 5.02 Å². The minimum absolute atomic E-state index is 0.810. The molecule has 1 nitrogen and oxygen atoms in total. The molecule has 0 aliphatic rings. The molecule has 0 spiro atoms. The van der Waals surface area contributed by atoms with Crippen molar-refractivity contribution in [2.45, 2.75) is 4.90 Å². The summed E-state index contributed by atoms with van der Waals surface area (Å²) in [6, 6.07) is 5.85. The lowest BCUT2D eigenvalue weighted by molar-refractivity contribution is 1.39. The van der Waals surface area contributed by atoms with Crippen LogP contribution in [-0.4, -0.2) is 13.3 Å². The first-order chi connectivity index (χ1) is 5.29. The molecule has 0 fully saturated rings. The van der Waals surface area contributed by atoms with E-state index in [0.717, 1.165) is 15.6 Å². The van der Waals surface area contributed by atoms with Crippen LogP contribution in [-0.2, 0) is 0 Å². The fourth-order valence-corrected chi connectivity index (χ4v) is 1.97. The van der Waals surface area contributed by atoms with Crippen LogP contribution in [0, 0.1) is 0 Å². The van der Waals surface area contributed by atoms with Gasteiger partial charge in [-0.2, -0.15) is 0 Å². The van der Waals surface area contributed by atoms with E-state index in [1.54, 1.807) is 11.8 Å². The minimum atomic E-state index is 0.810.